The molecule has 36 heavy (non-hydrogen) atoms. The fraction of sp³-hybridized carbons (Fsp3) is 0.556. The molecule has 0 amide bonds. The van der Waals surface area contributed by atoms with Crippen LogP contribution in [-0.4, -0.2) is 64.4 Å². The van der Waals surface area contributed by atoms with E-state index in [0.717, 1.165) is 43.9 Å². The van der Waals surface area contributed by atoms with Gasteiger partial charge in [-0.15, -0.1) is 0 Å². The van der Waals surface area contributed by atoms with E-state index in [1.807, 2.05) is 24.3 Å². The number of nitrogens with one attached hydrogen (secondary N) is 2. The van der Waals surface area contributed by atoms with Crippen molar-refractivity contribution in [2.45, 2.75) is 51.4 Å². The molecule has 1 aromatic carbocycles. The number of piperidine rings is 1. The summed E-state index contributed by atoms with van der Waals surface area (Å²) in [6, 6.07) is 7.84. The SMILES string of the molecule is O=c1[nH]ncc2nc(N3CCCCCC3)nc(Nc3ccc(OCCN4CCC5(CC4)CC5)cc3)c12. The first-order valence-corrected chi connectivity index (χ1v) is 13.4. The minimum absolute atomic E-state index is 0.303. The van der Waals surface area contributed by atoms with Gasteiger partial charge in [-0.1, -0.05) is 12.8 Å². The zero-order valence-corrected chi connectivity index (χ0v) is 20.8. The van der Waals surface area contributed by atoms with E-state index in [9.17, 15) is 4.79 Å². The van der Waals surface area contributed by atoms with Crippen LogP contribution in [0.3, 0.4) is 0 Å². The lowest BCUT2D eigenvalue weighted by Gasteiger charge is -2.31. The highest BCUT2D eigenvalue weighted by Gasteiger charge is 2.44. The topological polar surface area (TPSA) is 99.3 Å². The molecule has 2 aliphatic heterocycles. The molecule has 0 bridgehead atoms. The summed E-state index contributed by atoms with van der Waals surface area (Å²) >= 11 is 0. The van der Waals surface area contributed by atoms with Crippen molar-refractivity contribution in [3.05, 3.63) is 40.8 Å². The lowest BCUT2D eigenvalue weighted by molar-refractivity contribution is 0.146. The standard InChI is InChI=1S/C27H35N7O2/c35-25-23-22(19-28-32-25)30-26(34-13-3-1-2-4-14-34)31-24(23)29-20-5-7-21(8-6-20)36-18-17-33-15-11-27(9-10-27)12-16-33/h5-8,19H,1-4,9-18H2,(H,32,35)(H,29,30,31). The van der Waals surface area contributed by atoms with Crippen LogP contribution in [0.25, 0.3) is 10.9 Å². The second kappa shape index (κ2) is 10.0. The van der Waals surface area contributed by atoms with Gasteiger partial charge in [0.25, 0.3) is 5.56 Å². The molecule has 9 nitrogen and oxygen atoms in total. The maximum absolute atomic E-state index is 12.6. The van der Waals surface area contributed by atoms with Crippen molar-refractivity contribution in [3.8, 4) is 5.75 Å². The molecule has 2 aromatic heterocycles. The molecule has 6 rings (SSSR count). The third kappa shape index (κ3) is 5.16. The normalized spacial score (nSPS) is 19.8. The number of ether oxygens (including phenoxy) is 1. The second-order valence-electron chi connectivity index (χ2n) is 10.6. The predicted octanol–water partition coefficient (Wildman–Crippen LogP) is 4.09. The zero-order chi connectivity index (χ0) is 24.4. The van der Waals surface area contributed by atoms with Gasteiger partial charge in [0.1, 0.15) is 29.1 Å². The van der Waals surface area contributed by atoms with Crippen LogP contribution in [0.15, 0.2) is 35.3 Å². The van der Waals surface area contributed by atoms with E-state index < -0.39 is 0 Å². The van der Waals surface area contributed by atoms with Gasteiger partial charge in [-0.05, 0) is 81.3 Å². The van der Waals surface area contributed by atoms with Crippen LogP contribution in [0.1, 0.15) is 51.4 Å². The molecule has 1 aliphatic carbocycles. The van der Waals surface area contributed by atoms with Gasteiger partial charge >= 0.3 is 0 Å². The molecule has 1 saturated carbocycles. The molecular weight excluding hydrogens is 454 g/mol. The Balaban J connectivity index is 1.13. The Labute approximate surface area is 211 Å². The van der Waals surface area contributed by atoms with Crippen molar-refractivity contribution in [1.82, 2.24) is 25.1 Å². The molecule has 3 fully saturated rings. The summed E-state index contributed by atoms with van der Waals surface area (Å²) in [4.78, 5) is 26.8. The summed E-state index contributed by atoms with van der Waals surface area (Å²) < 4.78 is 6.02. The molecule has 2 saturated heterocycles. The number of hydrogen-bond acceptors (Lipinski definition) is 8. The summed E-state index contributed by atoms with van der Waals surface area (Å²) in [6.07, 6.45) is 11.9. The molecular formula is C27H35N7O2. The fourth-order valence-corrected chi connectivity index (χ4v) is 5.49. The van der Waals surface area contributed by atoms with E-state index in [4.69, 9.17) is 9.72 Å². The van der Waals surface area contributed by atoms with Crippen molar-refractivity contribution in [3.63, 3.8) is 0 Å². The third-order valence-corrected chi connectivity index (χ3v) is 8.06. The van der Waals surface area contributed by atoms with Gasteiger partial charge in [0.05, 0.1) is 6.20 Å². The zero-order valence-electron chi connectivity index (χ0n) is 20.8. The molecule has 3 aromatic rings. The van der Waals surface area contributed by atoms with E-state index >= 15 is 0 Å². The van der Waals surface area contributed by atoms with Crippen molar-refractivity contribution in [1.29, 1.82) is 0 Å². The monoisotopic (exact) mass is 489 g/mol. The highest BCUT2D eigenvalue weighted by molar-refractivity contribution is 5.90. The van der Waals surface area contributed by atoms with E-state index in [2.05, 4.69) is 30.3 Å². The second-order valence-corrected chi connectivity index (χ2v) is 10.6. The summed E-state index contributed by atoms with van der Waals surface area (Å²) in [5.74, 6) is 1.98. The summed E-state index contributed by atoms with van der Waals surface area (Å²) in [7, 11) is 0. The lowest BCUT2D eigenvalue weighted by Crippen LogP contribution is -2.37. The number of fused-ring (bicyclic) bond motifs is 1. The predicted molar refractivity (Wildman–Crippen MR) is 141 cm³/mol. The number of anilines is 3. The van der Waals surface area contributed by atoms with Gasteiger partial charge < -0.3 is 15.0 Å². The van der Waals surface area contributed by atoms with Crippen molar-refractivity contribution < 1.29 is 4.74 Å². The van der Waals surface area contributed by atoms with Crippen LogP contribution in [0.4, 0.5) is 17.5 Å². The largest absolute Gasteiger partial charge is 0.492 e. The Morgan fingerprint density at radius 1 is 0.944 bits per heavy atom. The van der Waals surface area contributed by atoms with Crippen molar-refractivity contribution in [2.75, 3.05) is 49.5 Å². The first-order valence-electron chi connectivity index (χ1n) is 13.4. The maximum atomic E-state index is 12.6. The fourth-order valence-electron chi connectivity index (χ4n) is 5.49. The summed E-state index contributed by atoms with van der Waals surface area (Å²) in [5.41, 5.74) is 1.79. The Bertz CT molecular complexity index is 1240. The van der Waals surface area contributed by atoms with Gasteiger partial charge in [0, 0.05) is 25.3 Å². The van der Waals surface area contributed by atoms with Gasteiger partial charge in [-0.2, -0.15) is 10.1 Å². The highest BCUT2D eigenvalue weighted by Crippen LogP contribution is 2.53. The number of aromatic amines is 1. The number of hydrogen-bond donors (Lipinski definition) is 2. The van der Waals surface area contributed by atoms with E-state index in [-0.39, 0.29) is 5.56 Å². The van der Waals surface area contributed by atoms with Crippen molar-refractivity contribution in [2.24, 2.45) is 5.41 Å². The summed E-state index contributed by atoms with van der Waals surface area (Å²) in [5, 5.41) is 10.2. The lowest BCUT2D eigenvalue weighted by atomic mass is 9.94. The number of rotatable bonds is 7. The number of likely N-dealkylation sites (tertiary alicyclic amines) is 1. The number of aromatic nitrogens is 4. The van der Waals surface area contributed by atoms with Gasteiger partial charge in [0.15, 0.2) is 0 Å². The molecule has 190 valence electrons. The minimum atomic E-state index is -0.303. The minimum Gasteiger partial charge on any atom is -0.492 e. The van der Waals surface area contributed by atoms with Gasteiger partial charge in [0.2, 0.25) is 5.95 Å². The van der Waals surface area contributed by atoms with Gasteiger partial charge in [-0.25, -0.2) is 10.1 Å². The van der Waals surface area contributed by atoms with E-state index in [0.29, 0.717) is 34.7 Å². The Morgan fingerprint density at radius 3 is 2.42 bits per heavy atom. The quantitative estimate of drug-likeness (QED) is 0.512. The molecule has 2 N–H and O–H groups in total. The average Bonchev–Trinajstić information content (AvgIpc) is 3.70. The van der Waals surface area contributed by atoms with Crippen LogP contribution in [-0.2, 0) is 0 Å². The van der Waals surface area contributed by atoms with Crippen LogP contribution < -0.4 is 20.5 Å². The van der Waals surface area contributed by atoms with Crippen molar-refractivity contribution >= 4 is 28.4 Å². The van der Waals surface area contributed by atoms with Crippen LogP contribution >= 0.6 is 0 Å². The Hall–Kier alpha value is -3.20. The maximum Gasteiger partial charge on any atom is 0.277 e. The number of H-pyrrole nitrogens is 1. The first-order chi connectivity index (χ1) is 17.7. The molecule has 4 heterocycles. The molecule has 1 spiro atoms. The van der Waals surface area contributed by atoms with Crippen LogP contribution in [0, 0.1) is 5.41 Å². The first kappa shape index (κ1) is 23.2. The number of nitrogens with zero attached hydrogens (tertiary/aromatic N) is 5. The number of benzene rings is 1. The Kier molecular flexibility index (Phi) is 6.48. The van der Waals surface area contributed by atoms with Crippen LogP contribution in [0.2, 0.25) is 0 Å². The smallest absolute Gasteiger partial charge is 0.277 e. The molecule has 9 heteroatoms. The highest BCUT2D eigenvalue weighted by atomic mass is 16.5. The van der Waals surface area contributed by atoms with Gasteiger partial charge in [-0.3, -0.25) is 9.69 Å². The van der Waals surface area contributed by atoms with E-state index in [1.54, 1.807) is 6.20 Å². The average molecular weight is 490 g/mol. The Morgan fingerprint density at radius 2 is 1.69 bits per heavy atom. The molecule has 0 radical (unpaired) electrons. The molecule has 0 atom stereocenters. The van der Waals surface area contributed by atoms with E-state index in [1.165, 1.54) is 51.6 Å². The molecule has 3 aliphatic rings. The van der Waals surface area contributed by atoms with Crippen LogP contribution in [0.5, 0.6) is 5.75 Å². The summed E-state index contributed by atoms with van der Waals surface area (Å²) in [6.45, 7) is 5.91. The molecule has 0 unspecified atom stereocenters. The third-order valence-electron chi connectivity index (χ3n) is 8.06.